The van der Waals surface area contributed by atoms with Gasteiger partial charge < -0.3 is 9.84 Å². The van der Waals surface area contributed by atoms with E-state index < -0.39 is 11.6 Å². The minimum atomic E-state index is -0.653. The van der Waals surface area contributed by atoms with Crippen LogP contribution in [0.15, 0.2) is 18.2 Å². The molecule has 0 amide bonds. The lowest BCUT2D eigenvalue weighted by molar-refractivity contribution is -0.0110. The third kappa shape index (κ3) is 2.01. The second-order valence-electron chi connectivity index (χ2n) is 3.47. The Balaban J connectivity index is 2.02. The number of hydrogen-bond donors (Lipinski definition) is 1. The Morgan fingerprint density at radius 2 is 1.71 bits per heavy atom. The van der Waals surface area contributed by atoms with Crippen molar-refractivity contribution in [3.63, 3.8) is 0 Å². The minimum Gasteiger partial charge on any atom is -0.490 e. The van der Waals surface area contributed by atoms with E-state index in [1.807, 2.05) is 0 Å². The van der Waals surface area contributed by atoms with Crippen LogP contribution >= 0.6 is 0 Å². The molecular weight excluding hydrogens is 190 g/mol. The van der Waals surface area contributed by atoms with Gasteiger partial charge in [0.15, 0.2) is 0 Å². The van der Waals surface area contributed by atoms with Crippen molar-refractivity contribution in [3.8, 4) is 5.75 Å². The first-order valence-corrected chi connectivity index (χ1v) is 4.44. The second kappa shape index (κ2) is 3.53. The summed E-state index contributed by atoms with van der Waals surface area (Å²) in [6, 6.07) is 3.06. The fourth-order valence-corrected chi connectivity index (χ4v) is 1.42. The molecule has 0 aliphatic heterocycles. The largest absolute Gasteiger partial charge is 0.490 e. The van der Waals surface area contributed by atoms with Crippen LogP contribution in [0.2, 0.25) is 0 Å². The van der Waals surface area contributed by atoms with Gasteiger partial charge in [-0.1, -0.05) is 0 Å². The van der Waals surface area contributed by atoms with E-state index in [1.165, 1.54) is 0 Å². The van der Waals surface area contributed by atoms with Crippen LogP contribution in [0, 0.1) is 11.6 Å². The van der Waals surface area contributed by atoms with Gasteiger partial charge in [-0.2, -0.15) is 0 Å². The first kappa shape index (κ1) is 9.40. The summed E-state index contributed by atoms with van der Waals surface area (Å²) in [4.78, 5) is 0. The molecule has 1 N–H and O–H groups in total. The summed E-state index contributed by atoms with van der Waals surface area (Å²) >= 11 is 0. The maximum absolute atomic E-state index is 12.7. The summed E-state index contributed by atoms with van der Waals surface area (Å²) in [6.07, 6.45) is 0.598. The van der Waals surface area contributed by atoms with Crippen LogP contribution in [-0.2, 0) is 0 Å². The van der Waals surface area contributed by atoms with Crippen molar-refractivity contribution < 1.29 is 18.6 Å². The van der Waals surface area contributed by atoms with Gasteiger partial charge in [0.05, 0.1) is 6.10 Å². The first-order chi connectivity index (χ1) is 6.63. The number of ether oxygens (including phenoxy) is 1. The van der Waals surface area contributed by atoms with Gasteiger partial charge >= 0.3 is 0 Å². The van der Waals surface area contributed by atoms with Gasteiger partial charge in [-0.15, -0.1) is 0 Å². The molecule has 14 heavy (non-hydrogen) atoms. The number of hydrogen-bond acceptors (Lipinski definition) is 2. The molecule has 1 aliphatic carbocycles. The van der Waals surface area contributed by atoms with E-state index in [0.717, 1.165) is 18.2 Å². The highest BCUT2D eigenvalue weighted by molar-refractivity contribution is 5.24. The van der Waals surface area contributed by atoms with Crippen LogP contribution in [-0.4, -0.2) is 17.3 Å². The molecule has 4 heteroatoms. The van der Waals surface area contributed by atoms with Crippen molar-refractivity contribution in [1.82, 2.24) is 0 Å². The maximum Gasteiger partial charge on any atom is 0.129 e. The van der Waals surface area contributed by atoms with Gasteiger partial charge in [0, 0.05) is 31.0 Å². The number of aliphatic hydroxyl groups is 1. The van der Waals surface area contributed by atoms with Crippen molar-refractivity contribution in [2.24, 2.45) is 0 Å². The van der Waals surface area contributed by atoms with Gasteiger partial charge in [0.2, 0.25) is 0 Å². The summed E-state index contributed by atoms with van der Waals surface area (Å²) in [7, 11) is 0. The molecule has 0 aromatic heterocycles. The second-order valence-corrected chi connectivity index (χ2v) is 3.47. The lowest BCUT2D eigenvalue weighted by Crippen LogP contribution is -2.37. The van der Waals surface area contributed by atoms with Crippen molar-refractivity contribution in [2.75, 3.05) is 0 Å². The molecule has 0 unspecified atom stereocenters. The number of halogens is 2. The zero-order chi connectivity index (χ0) is 10.1. The molecule has 1 fully saturated rings. The lowest BCUT2D eigenvalue weighted by atomic mass is 9.92. The smallest absolute Gasteiger partial charge is 0.129 e. The Hall–Kier alpha value is -1.16. The van der Waals surface area contributed by atoms with Crippen molar-refractivity contribution >= 4 is 0 Å². The molecule has 1 aliphatic rings. The van der Waals surface area contributed by atoms with Gasteiger partial charge in [-0.05, 0) is 0 Å². The van der Waals surface area contributed by atoms with Crippen molar-refractivity contribution in [2.45, 2.75) is 25.0 Å². The molecule has 0 atom stereocenters. The van der Waals surface area contributed by atoms with E-state index in [2.05, 4.69) is 0 Å². The lowest BCUT2D eigenvalue weighted by Gasteiger charge is -2.31. The van der Waals surface area contributed by atoms with E-state index in [9.17, 15) is 8.78 Å². The van der Waals surface area contributed by atoms with Crippen LogP contribution in [0.25, 0.3) is 0 Å². The molecule has 1 aromatic rings. The predicted molar refractivity (Wildman–Crippen MR) is 46.0 cm³/mol. The van der Waals surface area contributed by atoms with E-state index in [0.29, 0.717) is 12.8 Å². The molecule has 0 heterocycles. The Kier molecular flexibility index (Phi) is 2.37. The minimum absolute atomic E-state index is 0.119. The monoisotopic (exact) mass is 200 g/mol. The normalized spacial score (nSPS) is 25.6. The molecule has 0 radical (unpaired) electrons. The molecule has 1 saturated carbocycles. The summed E-state index contributed by atoms with van der Waals surface area (Å²) in [5.41, 5.74) is 0. The van der Waals surface area contributed by atoms with Crippen LogP contribution in [0.5, 0.6) is 5.75 Å². The van der Waals surface area contributed by atoms with Gasteiger partial charge in [0.25, 0.3) is 0 Å². The van der Waals surface area contributed by atoms with Gasteiger partial charge in [0.1, 0.15) is 23.5 Å². The molecule has 76 valence electrons. The van der Waals surface area contributed by atoms with Gasteiger partial charge in [-0.3, -0.25) is 0 Å². The van der Waals surface area contributed by atoms with Crippen LogP contribution < -0.4 is 4.74 Å². The van der Waals surface area contributed by atoms with Crippen molar-refractivity contribution in [3.05, 3.63) is 29.8 Å². The SMILES string of the molecule is OC1CC(Oc2cc(F)cc(F)c2)C1. The number of benzene rings is 1. The Morgan fingerprint density at radius 1 is 1.14 bits per heavy atom. The highest BCUT2D eigenvalue weighted by Crippen LogP contribution is 2.26. The van der Waals surface area contributed by atoms with Gasteiger partial charge in [-0.25, -0.2) is 8.78 Å². The fraction of sp³-hybridized carbons (Fsp3) is 0.400. The molecule has 2 rings (SSSR count). The molecule has 1 aromatic carbocycles. The Labute approximate surface area is 80.1 Å². The molecule has 0 saturated heterocycles. The average molecular weight is 200 g/mol. The fourth-order valence-electron chi connectivity index (χ4n) is 1.42. The summed E-state index contributed by atoms with van der Waals surface area (Å²) < 4.78 is 30.7. The average Bonchev–Trinajstić information content (AvgIpc) is 1.99. The molecule has 2 nitrogen and oxygen atoms in total. The van der Waals surface area contributed by atoms with Crippen molar-refractivity contribution in [1.29, 1.82) is 0 Å². The third-order valence-electron chi connectivity index (χ3n) is 2.21. The van der Waals surface area contributed by atoms with Crippen LogP contribution in [0.4, 0.5) is 8.78 Å². The van der Waals surface area contributed by atoms with E-state index in [1.54, 1.807) is 0 Å². The molecule has 0 spiro atoms. The molecular formula is C10H10F2O2. The van der Waals surface area contributed by atoms with E-state index >= 15 is 0 Å². The Bertz CT molecular complexity index is 315. The first-order valence-electron chi connectivity index (χ1n) is 4.44. The van der Waals surface area contributed by atoms with E-state index in [4.69, 9.17) is 9.84 Å². The maximum atomic E-state index is 12.7. The standard InChI is InChI=1S/C10H10F2O2/c11-6-1-7(12)3-9(2-6)14-10-4-8(13)5-10/h1-3,8,10,13H,4-5H2. The molecule has 0 bridgehead atoms. The van der Waals surface area contributed by atoms with Crippen LogP contribution in [0.3, 0.4) is 0 Å². The van der Waals surface area contributed by atoms with Crippen LogP contribution in [0.1, 0.15) is 12.8 Å². The Morgan fingerprint density at radius 3 is 2.21 bits per heavy atom. The quantitative estimate of drug-likeness (QED) is 0.789. The zero-order valence-electron chi connectivity index (χ0n) is 7.41. The number of aliphatic hydroxyl groups excluding tert-OH is 1. The predicted octanol–water partition coefficient (Wildman–Crippen LogP) is 1.87. The van der Waals surface area contributed by atoms with E-state index in [-0.39, 0.29) is 18.0 Å². The highest BCUT2D eigenvalue weighted by atomic mass is 19.1. The highest BCUT2D eigenvalue weighted by Gasteiger charge is 2.29. The summed E-state index contributed by atoms with van der Waals surface area (Å²) in [6.45, 7) is 0. The summed E-state index contributed by atoms with van der Waals surface area (Å²) in [5.74, 6) is -1.13. The third-order valence-corrected chi connectivity index (χ3v) is 2.21. The topological polar surface area (TPSA) is 29.5 Å². The number of rotatable bonds is 2. The summed E-state index contributed by atoms with van der Waals surface area (Å²) in [5, 5.41) is 8.98. The zero-order valence-corrected chi connectivity index (χ0v) is 7.41.